The van der Waals surface area contributed by atoms with Gasteiger partial charge in [0.1, 0.15) is 6.33 Å². The molecule has 0 saturated heterocycles. The molecule has 0 N–H and O–H groups in total. The van der Waals surface area contributed by atoms with Gasteiger partial charge in [-0.2, -0.15) is 17.7 Å². The van der Waals surface area contributed by atoms with Crippen LogP contribution in [0.3, 0.4) is 0 Å². The lowest BCUT2D eigenvalue weighted by atomic mass is 9.96. The summed E-state index contributed by atoms with van der Waals surface area (Å²) in [5.41, 5.74) is 0.0435. The average Bonchev–Trinajstić information content (AvgIpc) is 2.35. The Morgan fingerprint density at radius 3 is 2.58 bits per heavy atom. The van der Waals surface area contributed by atoms with E-state index in [4.69, 9.17) is 0 Å². The number of aromatic nitrogens is 3. The van der Waals surface area contributed by atoms with Crippen molar-refractivity contribution in [2.45, 2.75) is 32.7 Å². The van der Waals surface area contributed by atoms with Crippen LogP contribution in [-0.4, -0.2) is 20.5 Å². The predicted molar refractivity (Wildman–Crippen MR) is 52.6 cm³/mol. The largest absolute Gasteiger partial charge is 0.252 e. The molecule has 0 aromatic carbocycles. The Morgan fingerprint density at radius 2 is 2.17 bits per heavy atom. The van der Waals surface area contributed by atoms with Crippen LogP contribution in [0.5, 0.6) is 0 Å². The van der Waals surface area contributed by atoms with Crippen molar-refractivity contribution in [1.82, 2.24) is 14.8 Å². The Hall–Kier alpha value is -0.510. The minimum absolute atomic E-state index is 0.0435. The van der Waals surface area contributed by atoms with Crippen molar-refractivity contribution in [3.05, 3.63) is 12.2 Å². The summed E-state index contributed by atoms with van der Waals surface area (Å²) in [4.78, 5) is 4.22. The van der Waals surface area contributed by atoms with Gasteiger partial charge in [0, 0.05) is 11.2 Å². The molecule has 0 fully saturated rings. The Kier molecular flexibility index (Phi) is 2.77. The average molecular weight is 185 g/mol. The first kappa shape index (κ1) is 9.58. The summed E-state index contributed by atoms with van der Waals surface area (Å²) in [5.74, 6) is 1.69. The van der Waals surface area contributed by atoms with E-state index in [1.54, 1.807) is 6.33 Å². The first-order valence-electron chi connectivity index (χ1n) is 4.05. The first-order chi connectivity index (χ1) is 5.54. The smallest absolute Gasteiger partial charge is 0.155 e. The fraction of sp³-hybridized carbons (Fsp3) is 0.750. The summed E-state index contributed by atoms with van der Waals surface area (Å²) in [7, 11) is 0. The van der Waals surface area contributed by atoms with Gasteiger partial charge in [0.15, 0.2) is 5.82 Å². The van der Waals surface area contributed by atoms with Gasteiger partial charge in [-0.15, -0.1) is 0 Å². The second-order valence-corrected chi connectivity index (χ2v) is 4.25. The Labute approximate surface area is 78.6 Å². The zero-order valence-corrected chi connectivity index (χ0v) is 8.67. The lowest BCUT2D eigenvalue weighted by Crippen LogP contribution is -2.14. The molecule has 0 amide bonds. The maximum absolute atomic E-state index is 4.33. The SMILES string of the molecule is CC(C)(C)c1ncn(CCS)n1. The van der Waals surface area contributed by atoms with Crippen LogP contribution in [0, 0.1) is 0 Å². The van der Waals surface area contributed by atoms with Crippen LogP contribution in [0.15, 0.2) is 6.33 Å². The molecule has 0 aliphatic carbocycles. The van der Waals surface area contributed by atoms with Gasteiger partial charge in [-0.1, -0.05) is 20.8 Å². The molecule has 1 aromatic heterocycles. The van der Waals surface area contributed by atoms with Crippen molar-refractivity contribution in [2.24, 2.45) is 0 Å². The lowest BCUT2D eigenvalue weighted by molar-refractivity contribution is 0.531. The molecule has 0 spiro atoms. The van der Waals surface area contributed by atoms with Crippen LogP contribution < -0.4 is 0 Å². The number of hydrogen-bond donors (Lipinski definition) is 1. The minimum atomic E-state index is 0.0435. The van der Waals surface area contributed by atoms with Gasteiger partial charge in [0.2, 0.25) is 0 Å². The van der Waals surface area contributed by atoms with Crippen LogP contribution in [-0.2, 0) is 12.0 Å². The third-order valence-corrected chi connectivity index (χ3v) is 1.74. The molecule has 1 aromatic rings. The number of aryl methyl sites for hydroxylation is 1. The van der Waals surface area contributed by atoms with Crippen LogP contribution in [0.4, 0.5) is 0 Å². The molecule has 0 atom stereocenters. The van der Waals surface area contributed by atoms with Crippen molar-refractivity contribution in [1.29, 1.82) is 0 Å². The maximum atomic E-state index is 4.33. The molecule has 0 bridgehead atoms. The first-order valence-corrected chi connectivity index (χ1v) is 4.68. The molecule has 0 radical (unpaired) electrons. The normalized spacial score (nSPS) is 12.0. The van der Waals surface area contributed by atoms with Crippen LogP contribution in [0.25, 0.3) is 0 Å². The molecule has 1 heterocycles. The van der Waals surface area contributed by atoms with Crippen molar-refractivity contribution >= 4 is 12.6 Å². The quantitative estimate of drug-likeness (QED) is 0.708. The number of nitrogens with zero attached hydrogens (tertiary/aromatic N) is 3. The van der Waals surface area contributed by atoms with E-state index in [1.165, 1.54) is 0 Å². The summed E-state index contributed by atoms with van der Waals surface area (Å²) >= 11 is 4.13. The molecule has 0 saturated carbocycles. The van der Waals surface area contributed by atoms with Gasteiger partial charge >= 0.3 is 0 Å². The number of rotatable bonds is 2. The monoisotopic (exact) mass is 185 g/mol. The van der Waals surface area contributed by atoms with Gasteiger partial charge in [-0.05, 0) is 0 Å². The summed E-state index contributed by atoms with van der Waals surface area (Å²) < 4.78 is 1.83. The minimum Gasteiger partial charge on any atom is -0.252 e. The summed E-state index contributed by atoms with van der Waals surface area (Å²) in [6, 6.07) is 0. The van der Waals surface area contributed by atoms with E-state index in [2.05, 4.69) is 43.5 Å². The Balaban J connectivity index is 2.77. The molecule has 0 unspecified atom stereocenters. The maximum Gasteiger partial charge on any atom is 0.155 e. The Bertz CT molecular complexity index is 249. The molecular weight excluding hydrogens is 170 g/mol. The molecular formula is C8H15N3S. The van der Waals surface area contributed by atoms with E-state index in [9.17, 15) is 0 Å². The molecule has 68 valence electrons. The van der Waals surface area contributed by atoms with Crippen LogP contribution in [0.1, 0.15) is 26.6 Å². The number of hydrogen-bond acceptors (Lipinski definition) is 3. The highest BCUT2D eigenvalue weighted by Gasteiger charge is 2.18. The van der Waals surface area contributed by atoms with E-state index in [0.717, 1.165) is 18.1 Å². The molecule has 1 rings (SSSR count). The second kappa shape index (κ2) is 3.47. The molecule has 0 aliphatic heterocycles. The van der Waals surface area contributed by atoms with Crippen molar-refractivity contribution < 1.29 is 0 Å². The topological polar surface area (TPSA) is 30.7 Å². The molecule has 4 heteroatoms. The molecule has 12 heavy (non-hydrogen) atoms. The van der Waals surface area contributed by atoms with Crippen molar-refractivity contribution in [2.75, 3.05) is 5.75 Å². The zero-order valence-electron chi connectivity index (χ0n) is 7.78. The van der Waals surface area contributed by atoms with Gasteiger partial charge < -0.3 is 0 Å². The lowest BCUT2D eigenvalue weighted by Gasteiger charge is -2.12. The van der Waals surface area contributed by atoms with E-state index in [-0.39, 0.29) is 5.41 Å². The van der Waals surface area contributed by atoms with E-state index in [1.807, 2.05) is 4.68 Å². The van der Waals surface area contributed by atoms with Gasteiger partial charge in [-0.25, -0.2) is 4.98 Å². The van der Waals surface area contributed by atoms with Crippen molar-refractivity contribution in [3.8, 4) is 0 Å². The summed E-state index contributed by atoms with van der Waals surface area (Å²) in [5, 5.41) is 4.33. The van der Waals surface area contributed by atoms with Gasteiger partial charge in [-0.3, -0.25) is 4.68 Å². The molecule has 0 aliphatic rings. The van der Waals surface area contributed by atoms with Crippen LogP contribution in [0.2, 0.25) is 0 Å². The highest BCUT2D eigenvalue weighted by atomic mass is 32.1. The van der Waals surface area contributed by atoms with Crippen LogP contribution >= 0.6 is 12.6 Å². The third kappa shape index (κ3) is 2.24. The highest BCUT2D eigenvalue weighted by Crippen LogP contribution is 2.16. The standard InChI is InChI=1S/C8H15N3S/c1-8(2,3)7-9-6-11(10-7)4-5-12/h6,12H,4-5H2,1-3H3. The predicted octanol–water partition coefficient (Wildman–Crippen LogP) is 1.51. The number of thiol groups is 1. The highest BCUT2D eigenvalue weighted by molar-refractivity contribution is 7.80. The van der Waals surface area contributed by atoms with Crippen molar-refractivity contribution in [3.63, 3.8) is 0 Å². The van der Waals surface area contributed by atoms with Gasteiger partial charge in [0.25, 0.3) is 0 Å². The van der Waals surface area contributed by atoms with E-state index < -0.39 is 0 Å². The zero-order chi connectivity index (χ0) is 9.19. The van der Waals surface area contributed by atoms with Gasteiger partial charge in [0.05, 0.1) is 6.54 Å². The van der Waals surface area contributed by atoms with E-state index in [0.29, 0.717) is 0 Å². The Morgan fingerprint density at radius 1 is 1.50 bits per heavy atom. The summed E-state index contributed by atoms with van der Waals surface area (Å²) in [6.07, 6.45) is 1.76. The summed E-state index contributed by atoms with van der Waals surface area (Å²) in [6.45, 7) is 7.14. The third-order valence-electron chi connectivity index (χ3n) is 1.54. The second-order valence-electron chi connectivity index (χ2n) is 3.80. The fourth-order valence-electron chi connectivity index (χ4n) is 0.848. The molecule has 3 nitrogen and oxygen atoms in total. The van der Waals surface area contributed by atoms with E-state index >= 15 is 0 Å². The fourth-order valence-corrected chi connectivity index (χ4v) is 1.05.